The lowest BCUT2D eigenvalue weighted by molar-refractivity contribution is 0.386. The minimum absolute atomic E-state index is 0.0434. The van der Waals surface area contributed by atoms with E-state index in [1.807, 2.05) is 24.3 Å². The summed E-state index contributed by atoms with van der Waals surface area (Å²) in [5.74, 6) is 1.27. The smallest absolute Gasteiger partial charge is 0.244 e. The van der Waals surface area contributed by atoms with E-state index in [9.17, 15) is 8.42 Å². The lowest BCUT2D eigenvalue weighted by Crippen LogP contribution is -2.24. The summed E-state index contributed by atoms with van der Waals surface area (Å²) < 4.78 is 37.8. The van der Waals surface area contributed by atoms with Crippen molar-refractivity contribution in [2.75, 3.05) is 14.2 Å². The largest absolute Gasteiger partial charge is 0.497 e. The van der Waals surface area contributed by atoms with Crippen LogP contribution in [0.1, 0.15) is 5.82 Å². The number of sulfonamides is 1. The first-order valence-electron chi connectivity index (χ1n) is 7.19. The third-order valence-corrected chi connectivity index (χ3v) is 4.97. The van der Waals surface area contributed by atoms with Crippen LogP contribution in [0.2, 0.25) is 0 Å². The first kappa shape index (κ1) is 16.3. The van der Waals surface area contributed by atoms with Gasteiger partial charge in [0.25, 0.3) is 0 Å². The number of imidazole rings is 1. The summed E-state index contributed by atoms with van der Waals surface area (Å²) in [5, 5.41) is 0. The number of ether oxygens (including phenoxy) is 2. The Morgan fingerprint density at radius 1 is 1.12 bits per heavy atom. The van der Waals surface area contributed by atoms with Gasteiger partial charge in [-0.3, -0.25) is 0 Å². The number of hydrogen-bond donors (Lipinski definition) is 2. The lowest BCUT2D eigenvalue weighted by Gasteiger charge is -2.11. The van der Waals surface area contributed by atoms with Crippen molar-refractivity contribution in [1.82, 2.24) is 14.7 Å². The Kier molecular flexibility index (Phi) is 4.41. The predicted octanol–water partition coefficient (Wildman–Crippen LogP) is 2.06. The molecule has 0 saturated carbocycles. The molecule has 3 aromatic rings. The van der Waals surface area contributed by atoms with Crippen LogP contribution >= 0.6 is 0 Å². The normalized spacial score (nSPS) is 11.6. The molecule has 0 aliphatic carbocycles. The van der Waals surface area contributed by atoms with Gasteiger partial charge in [0.1, 0.15) is 22.2 Å². The molecule has 0 spiro atoms. The van der Waals surface area contributed by atoms with Gasteiger partial charge in [0, 0.05) is 6.07 Å². The molecule has 1 aromatic heterocycles. The Balaban J connectivity index is 1.83. The highest BCUT2D eigenvalue weighted by atomic mass is 32.2. The van der Waals surface area contributed by atoms with E-state index >= 15 is 0 Å². The van der Waals surface area contributed by atoms with Crippen LogP contribution in [0.4, 0.5) is 0 Å². The Bertz CT molecular complexity index is 933. The van der Waals surface area contributed by atoms with Crippen molar-refractivity contribution in [1.29, 1.82) is 0 Å². The third kappa shape index (κ3) is 3.19. The molecular formula is C16H17N3O4S. The summed E-state index contributed by atoms with van der Waals surface area (Å²) >= 11 is 0. The molecule has 0 aliphatic heterocycles. The van der Waals surface area contributed by atoms with Crippen molar-refractivity contribution < 1.29 is 17.9 Å². The van der Waals surface area contributed by atoms with E-state index < -0.39 is 10.0 Å². The zero-order valence-corrected chi connectivity index (χ0v) is 14.1. The molecule has 0 unspecified atom stereocenters. The molecule has 0 atom stereocenters. The van der Waals surface area contributed by atoms with Crippen molar-refractivity contribution in [2.45, 2.75) is 11.4 Å². The summed E-state index contributed by atoms with van der Waals surface area (Å²) in [6.45, 7) is 0.0478. The van der Waals surface area contributed by atoms with Crippen LogP contribution in [-0.4, -0.2) is 32.6 Å². The summed E-state index contributed by atoms with van der Waals surface area (Å²) in [4.78, 5) is 7.47. The van der Waals surface area contributed by atoms with Gasteiger partial charge in [-0.25, -0.2) is 18.1 Å². The Hall–Kier alpha value is -2.58. The standard InChI is InChI=1S/C16H17N3O4S/c1-22-11-7-8-15(14(9-11)23-2)24(20,21)17-10-16-18-12-5-3-4-6-13(12)19-16/h3-9,17H,10H2,1-2H3,(H,18,19). The highest BCUT2D eigenvalue weighted by molar-refractivity contribution is 7.89. The van der Waals surface area contributed by atoms with E-state index in [1.165, 1.54) is 26.4 Å². The van der Waals surface area contributed by atoms with Gasteiger partial charge in [0.15, 0.2) is 0 Å². The Labute approximate surface area is 139 Å². The van der Waals surface area contributed by atoms with Crippen LogP contribution in [0, 0.1) is 0 Å². The molecule has 0 radical (unpaired) electrons. The molecular weight excluding hydrogens is 330 g/mol. The van der Waals surface area contributed by atoms with Crippen LogP contribution in [0.15, 0.2) is 47.4 Å². The Morgan fingerprint density at radius 2 is 1.92 bits per heavy atom. The van der Waals surface area contributed by atoms with Gasteiger partial charge < -0.3 is 14.5 Å². The molecule has 0 fully saturated rings. The number of nitrogens with zero attached hydrogens (tertiary/aromatic N) is 1. The molecule has 3 rings (SSSR count). The minimum atomic E-state index is -3.75. The second-order valence-electron chi connectivity index (χ2n) is 5.04. The number of hydrogen-bond acceptors (Lipinski definition) is 5. The fourth-order valence-corrected chi connectivity index (χ4v) is 3.46. The van der Waals surface area contributed by atoms with Gasteiger partial charge in [0.05, 0.1) is 31.8 Å². The molecule has 24 heavy (non-hydrogen) atoms. The van der Waals surface area contributed by atoms with Gasteiger partial charge in [-0.1, -0.05) is 12.1 Å². The monoisotopic (exact) mass is 347 g/mol. The number of aromatic nitrogens is 2. The molecule has 8 heteroatoms. The van der Waals surface area contributed by atoms with Crippen LogP contribution in [-0.2, 0) is 16.6 Å². The topological polar surface area (TPSA) is 93.3 Å². The second kappa shape index (κ2) is 6.50. The number of methoxy groups -OCH3 is 2. The first-order chi connectivity index (χ1) is 11.5. The first-order valence-corrected chi connectivity index (χ1v) is 8.67. The fraction of sp³-hybridized carbons (Fsp3) is 0.188. The zero-order chi connectivity index (χ0) is 17.2. The number of benzene rings is 2. The number of aromatic amines is 1. The van der Waals surface area contributed by atoms with Crippen LogP contribution < -0.4 is 14.2 Å². The maximum absolute atomic E-state index is 12.5. The summed E-state index contributed by atoms with van der Waals surface area (Å²) in [7, 11) is -0.842. The Morgan fingerprint density at radius 3 is 2.62 bits per heavy atom. The van der Waals surface area contributed by atoms with Gasteiger partial charge >= 0.3 is 0 Å². The van der Waals surface area contributed by atoms with Crippen LogP contribution in [0.5, 0.6) is 11.5 Å². The molecule has 0 amide bonds. The average molecular weight is 347 g/mol. The van der Waals surface area contributed by atoms with Crippen molar-refractivity contribution in [3.63, 3.8) is 0 Å². The van der Waals surface area contributed by atoms with Gasteiger partial charge in [-0.05, 0) is 24.3 Å². The second-order valence-corrected chi connectivity index (χ2v) is 6.78. The van der Waals surface area contributed by atoms with Gasteiger partial charge in [-0.15, -0.1) is 0 Å². The lowest BCUT2D eigenvalue weighted by atomic mass is 10.3. The number of nitrogens with one attached hydrogen (secondary N) is 2. The van der Waals surface area contributed by atoms with Crippen molar-refractivity contribution in [3.05, 3.63) is 48.3 Å². The van der Waals surface area contributed by atoms with E-state index in [0.717, 1.165) is 11.0 Å². The van der Waals surface area contributed by atoms with E-state index in [4.69, 9.17) is 9.47 Å². The SMILES string of the molecule is COc1ccc(S(=O)(=O)NCc2nc3ccccc3[nH]2)c(OC)c1. The molecule has 2 aromatic carbocycles. The summed E-state index contributed by atoms with van der Waals surface area (Å²) in [5.41, 5.74) is 1.64. The molecule has 0 aliphatic rings. The minimum Gasteiger partial charge on any atom is -0.497 e. The molecule has 7 nitrogen and oxygen atoms in total. The maximum Gasteiger partial charge on any atom is 0.244 e. The number of para-hydroxylation sites is 2. The number of fused-ring (bicyclic) bond motifs is 1. The van der Waals surface area contributed by atoms with E-state index in [-0.39, 0.29) is 17.2 Å². The maximum atomic E-state index is 12.5. The van der Waals surface area contributed by atoms with Crippen molar-refractivity contribution >= 4 is 21.1 Å². The van der Waals surface area contributed by atoms with Crippen LogP contribution in [0.3, 0.4) is 0 Å². The van der Waals surface area contributed by atoms with E-state index in [2.05, 4.69) is 14.7 Å². The highest BCUT2D eigenvalue weighted by Crippen LogP contribution is 2.28. The molecule has 126 valence electrons. The molecule has 1 heterocycles. The zero-order valence-electron chi connectivity index (χ0n) is 13.2. The number of rotatable bonds is 6. The van der Waals surface area contributed by atoms with Gasteiger partial charge in [-0.2, -0.15) is 0 Å². The molecule has 2 N–H and O–H groups in total. The van der Waals surface area contributed by atoms with Crippen molar-refractivity contribution in [3.8, 4) is 11.5 Å². The molecule has 0 bridgehead atoms. The fourth-order valence-electron chi connectivity index (χ4n) is 2.33. The summed E-state index contributed by atoms with van der Waals surface area (Å²) in [6, 6.07) is 12.0. The average Bonchev–Trinajstić information content (AvgIpc) is 3.02. The predicted molar refractivity (Wildman–Crippen MR) is 89.7 cm³/mol. The van der Waals surface area contributed by atoms with E-state index in [1.54, 1.807) is 6.07 Å². The quantitative estimate of drug-likeness (QED) is 0.712. The van der Waals surface area contributed by atoms with Gasteiger partial charge in [0.2, 0.25) is 10.0 Å². The van der Waals surface area contributed by atoms with Crippen molar-refractivity contribution in [2.24, 2.45) is 0 Å². The summed E-state index contributed by atoms with van der Waals surface area (Å²) in [6.07, 6.45) is 0. The number of H-pyrrole nitrogens is 1. The van der Waals surface area contributed by atoms with E-state index in [0.29, 0.717) is 11.6 Å². The molecule has 0 saturated heterocycles. The van der Waals surface area contributed by atoms with Crippen LogP contribution in [0.25, 0.3) is 11.0 Å². The highest BCUT2D eigenvalue weighted by Gasteiger charge is 2.20. The third-order valence-electron chi connectivity index (χ3n) is 3.53.